The smallest absolute Gasteiger partial charge is 0.193 e. The van der Waals surface area contributed by atoms with Crippen LogP contribution in [0.5, 0.6) is 0 Å². The first-order chi connectivity index (χ1) is 9.73. The van der Waals surface area contributed by atoms with Crippen LogP contribution < -0.4 is 4.48 Å². The van der Waals surface area contributed by atoms with Gasteiger partial charge in [0.05, 0.1) is 19.6 Å². The van der Waals surface area contributed by atoms with Crippen molar-refractivity contribution in [3.63, 3.8) is 0 Å². The van der Waals surface area contributed by atoms with Crippen LogP contribution >= 0.6 is 0 Å². The Balaban J connectivity index is 2.30. The van der Waals surface area contributed by atoms with Crippen molar-refractivity contribution in [3.8, 4) is 0 Å². The molecule has 0 bridgehead atoms. The minimum atomic E-state index is 0.0724. The Hall–Kier alpha value is -1.93. The molecule has 2 nitrogen and oxygen atoms in total. The number of nitrogens with zero attached hydrogens (tertiary/aromatic N) is 1. The zero-order valence-corrected chi connectivity index (χ0v) is 13.6. The molecule has 0 amide bonds. The van der Waals surface area contributed by atoms with E-state index in [0.717, 1.165) is 15.6 Å². The molecule has 2 rings (SSSR count). The number of quaternary nitrogens is 1. The van der Waals surface area contributed by atoms with E-state index in [2.05, 4.69) is 47.0 Å². The van der Waals surface area contributed by atoms with E-state index in [1.807, 2.05) is 42.5 Å². The molecule has 0 unspecified atom stereocenters. The lowest BCUT2D eigenvalue weighted by Gasteiger charge is -2.41. The number of carbonyl (C=O) groups excluding carboxylic acids is 1. The van der Waals surface area contributed by atoms with Crippen molar-refractivity contribution in [1.29, 1.82) is 0 Å². The summed E-state index contributed by atoms with van der Waals surface area (Å²) in [6.45, 7) is 6.65. The summed E-state index contributed by atoms with van der Waals surface area (Å²) in [5.41, 5.74) is 2.77. The van der Waals surface area contributed by atoms with Gasteiger partial charge in [0.2, 0.25) is 0 Å². The zero-order chi connectivity index (χ0) is 15.7. The molecule has 0 aliphatic rings. The number of hydrogen-bond donors (Lipinski definition) is 0. The van der Waals surface area contributed by atoms with E-state index >= 15 is 0 Å². The molecular weight excluding hydrogens is 258 g/mol. The second-order valence-electron chi connectivity index (χ2n) is 6.87. The molecule has 0 radical (unpaired) electrons. The van der Waals surface area contributed by atoms with Crippen molar-refractivity contribution in [1.82, 2.24) is 4.48 Å². The molecule has 2 aromatic rings. The normalized spacial score (nSPS) is 12.2. The van der Waals surface area contributed by atoms with Crippen LogP contribution in [-0.2, 0) is 0 Å². The summed E-state index contributed by atoms with van der Waals surface area (Å²) in [6, 6.07) is 17.4. The van der Waals surface area contributed by atoms with Gasteiger partial charge >= 0.3 is 0 Å². The maximum atomic E-state index is 12.4. The van der Waals surface area contributed by atoms with Crippen molar-refractivity contribution in [2.75, 3.05) is 14.1 Å². The Bertz CT molecular complexity index is 619. The summed E-state index contributed by atoms with van der Waals surface area (Å²) in [5.74, 6) is 0.0724. The van der Waals surface area contributed by atoms with Gasteiger partial charge < -0.3 is 0 Å². The minimum absolute atomic E-state index is 0.0724. The second-order valence-corrected chi connectivity index (χ2v) is 6.87. The van der Waals surface area contributed by atoms with Gasteiger partial charge in [-0.3, -0.25) is 9.28 Å². The second kappa shape index (κ2) is 5.45. The Labute approximate surface area is 127 Å². The van der Waals surface area contributed by atoms with Gasteiger partial charge in [-0.25, -0.2) is 0 Å². The number of benzene rings is 2. The lowest BCUT2D eigenvalue weighted by Crippen LogP contribution is -2.55. The maximum Gasteiger partial charge on any atom is 0.193 e. The third kappa shape index (κ3) is 3.06. The number of hydrogen-bond acceptors (Lipinski definition) is 1. The highest BCUT2D eigenvalue weighted by molar-refractivity contribution is 6.09. The van der Waals surface area contributed by atoms with Crippen molar-refractivity contribution in [3.05, 3.63) is 65.7 Å². The summed E-state index contributed by atoms with van der Waals surface area (Å²) in [6.07, 6.45) is 0. The molecule has 0 atom stereocenters. The average molecular weight is 282 g/mol. The summed E-state index contributed by atoms with van der Waals surface area (Å²) in [4.78, 5) is 12.4. The van der Waals surface area contributed by atoms with E-state index in [1.54, 1.807) is 0 Å². The molecule has 0 spiro atoms. The van der Waals surface area contributed by atoms with Gasteiger partial charge in [0, 0.05) is 11.1 Å². The number of carbonyl (C=O) groups is 1. The molecule has 0 saturated carbocycles. The van der Waals surface area contributed by atoms with Gasteiger partial charge in [-0.1, -0.05) is 30.3 Å². The van der Waals surface area contributed by atoms with E-state index < -0.39 is 0 Å². The molecule has 0 heterocycles. The lowest BCUT2D eigenvalue weighted by atomic mass is 9.99. The van der Waals surface area contributed by atoms with Gasteiger partial charge in [-0.15, -0.1) is 0 Å². The molecule has 2 aromatic carbocycles. The highest BCUT2D eigenvalue weighted by Gasteiger charge is 2.33. The first kappa shape index (κ1) is 15.5. The van der Waals surface area contributed by atoms with Crippen LogP contribution in [0, 0.1) is 0 Å². The predicted octanol–water partition coefficient (Wildman–Crippen LogP) is 4.28. The molecule has 0 aromatic heterocycles. The number of rotatable bonds is 3. The summed E-state index contributed by atoms with van der Waals surface area (Å²) in [7, 11) is 4.38. The van der Waals surface area contributed by atoms with E-state index in [-0.39, 0.29) is 11.3 Å². The molecule has 0 fully saturated rings. The van der Waals surface area contributed by atoms with Gasteiger partial charge in [0.15, 0.2) is 5.78 Å². The Kier molecular flexibility index (Phi) is 4.02. The van der Waals surface area contributed by atoms with Crippen LogP contribution in [0.4, 0.5) is 5.69 Å². The van der Waals surface area contributed by atoms with Gasteiger partial charge in [0.1, 0.15) is 5.69 Å². The highest BCUT2D eigenvalue weighted by Crippen LogP contribution is 2.29. The van der Waals surface area contributed by atoms with Crippen LogP contribution in [0.1, 0.15) is 36.7 Å². The van der Waals surface area contributed by atoms with Gasteiger partial charge in [-0.2, -0.15) is 0 Å². The Morgan fingerprint density at radius 2 is 1.29 bits per heavy atom. The fraction of sp³-hybridized carbons (Fsp3) is 0.316. The van der Waals surface area contributed by atoms with Crippen LogP contribution in [-0.4, -0.2) is 25.4 Å². The SMILES string of the molecule is CC(C)(C)[N+](C)(C)c1ccc(C(=O)c2ccccc2)cc1. The largest absolute Gasteiger partial charge is 0.292 e. The summed E-state index contributed by atoms with van der Waals surface area (Å²) in [5, 5.41) is 0. The Morgan fingerprint density at radius 3 is 1.76 bits per heavy atom. The van der Waals surface area contributed by atoms with Gasteiger partial charge in [-0.05, 0) is 45.0 Å². The van der Waals surface area contributed by atoms with Crippen molar-refractivity contribution in [2.24, 2.45) is 0 Å². The van der Waals surface area contributed by atoms with Crippen LogP contribution in [0.15, 0.2) is 54.6 Å². The monoisotopic (exact) mass is 282 g/mol. The fourth-order valence-electron chi connectivity index (χ4n) is 2.13. The molecule has 2 heteroatoms. The lowest BCUT2D eigenvalue weighted by molar-refractivity contribution is 0.103. The third-order valence-electron chi connectivity index (χ3n) is 4.49. The predicted molar refractivity (Wildman–Crippen MR) is 89.7 cm³/mol. The Morgan fingerprint density at radius 1 is 0.810 bits per heavy atom. The number of ketones is 1. The third-order valence-corrected chi connectivity index (χ3v) is 4.49. The first-order valence-electron chi connectivity index (χ1n) is 7.28. The molecule has 0 N–H and O–H groups in total. The molecule has 0 aliphatic heterocycles. The maximum absolute atomic E-state index is 12.4. The van der Waals surface area contributed by atoms with E-state index in [4.69, 9.17) is 0 Å². The quantitative estimate of drug-likeness (QED) is 0.606. The van der Waals surface area contributed by atoms with Crippen molar-refractivity contribution < 1.29 is 4.79 Å². The molecular formula is C19H24NO+. The van der Waals surface area contributed by atoms with Crippen LogP contribution in [0.3, 0.4) is 0 Å². The van der Waals surface area contributed by atoms with E-state index in [0.29, 0.717) is 0 Å². The van der Waals surface area contributed by atoms with E-state index in [9.17, 15) is 4.79 Å². The summed E-state index contributed by atoms with van der Waals surface area (Å²) >= 11 is 0. The first-order valence-corrected chi connectivity index (χ1v) is 7.28. The standard InChI is InChI=1S/C19H24NO/c1-19(2,3)20(4,5)17-13-11-16(12-14-17)18(21)15-9-7-6-8-10-15/h6-14H,1-5H3/q+1. The minimum Gasteiger partial charge on any atom is -0.292 e. The topological polar surface area (TPSA) is 17.1 Å². The highest BCUT2D eigenvalue weighted by atomic mass is 16.1. The van der Waals surface area contributed by atoms with Crippen LogP contribution in [0.25, 0.3) is 0 Å². The summed E-state index contributed by atoms with van der Waals surface area (Å²) < 4.78 is 0.771. The van der Waals surface area contributed by atoms with Crippen LogP contribution in [0.2, 0.25) is 0 Å². The van der Waals surface area contributed by atoms with Gasteiger partial charge in [0.25, 0.3) is 0 Å². The van der Waals surface area contributed by atoms with Crippen molar-refractivity contribution >= 4 is 11.5 Å². The molecule has 21 heavy (non-hydrogen) atoms. The van der Waals surface area contributed by atoms with E-state index in [1.165, 1.54) is 5.69 Å². The fourth-order valence-corrected chi connectivity index (χ4v) is 2.13. The molecule has 0 saturated heterocycles. The van der Waals surface area contributed by atoms with Crippen molar-refractivity contribution in [2.45, 2.75) is 26.3 Å². The molecule has 110 valence electrons. The molecule has 0 aliphatic carbocycles. The average Bonchev–Trinajstić information content (AvgIpc) is 2.46. The zero-order valence-electron chi connectivity index (χ0n) is 13.6.